The molecule has 16 heavy (non-hydrogen) atoms. The van der Waals surface area contributed by atoms with Gasteiger partial charge in [-0.1, -0.05) is 6.92 Å². The highest BCUT2D eigenvalue weighted by Gasteiger charge is 2.36. The van der Waals surface area contributed by atoms with Crippen LogP contribution < -0.4 is 10.6 Å². The van der Waals surface area contributed by atoms with Crippen LogP contribution in [0.2, 0.25) is 0 Å². The van der Waals surface area contributed by atoms with Crippen molar-refractivity contribution in [2.75, 3.05) is 6.54 Å². The molecule has 92 valence electrons. The summed E-state index contributed by atoms with van der Waals surface area (Å²) >= 11 is 0. The molecule has 2 rings (SSSR count). The first kappa shape index (κ1) is 11.9. The summed E-state index contributed by atoms with van der Waals surface area (Å²) in [6, 6.07) is 0.419. The van der Waals surface area contributed by atoms with E-state index in [1.165, 1.54) is 12.8 Å². The van der Waals surface area contributed by atoms with E-state index in [0.717, 1.165) is 38.1 Å². The van der Waals surface area contributed by atoms with Crippen LogP contribution in [0, 0.1) is 5.92 Å². The highest BCUT2D eigenvalue weighted by molar-refractivity contribution is 5.86. The predicted octanol–water partition coefficient (Wildman–Crippen LogP) is 1.82. The quantitative estimate of drug-likeness (QED) is 0.751. The lowest BCUT2D eigenvalue weighted by Crippen LogP contribution is -2.58. The fourth-order valence-corrected chi connectivity index (χ4v) is 2.93. The summed E-state index contributed by atoms with van der Waals surface area (Å²) in [7, 11) is 0. The molecule has 2 N–H and O–H groups in total. The molecule has 0 aromatic carbocycles. The average Bonchev–Trinajstić information content (AvgIpc) is 2.65. The van der Waals surface area contributed by atoms with Crippen molar-refractivity contribution in [3.05, 3.63) is 0 Å². The molecule has 1 saturated carbocycles. The van der Waals surface area contributed by atoms with E-state index in [4.69, 9.17) is 0 Å². The Morgan fingerprint density at radius 2 is 2.19 bits per heavy atom. The predicted molar refractivity (Wildman–Crippen MR) is 65.2 cm³/mol. The lowest BCUT2D eigenvalue weighted by molar-refractivity contribution is -0.128. The molecule has 1 aliphatic carbocycles. The average molecular weight is 224 g/mol. The van der Waals surface area contributed by atoms with Crippen LogP contribution in [0.3, 0.4) is 0 Å². The van der Waals surface area contributed by atoms with E-state index in [2.05, 4.69) is 17.6 Å². The van der Waals surface area contributed by atoms with Gasteiger partial charge in [-0.3, -0.25) is 4.79 Å². The smallest absolute Gasteiger partial charge is 0.240 e. The Labute approximate surface area is 98.4 Å². The summed E-state index contributed by atoms with van der Waals surface area (Å²) in [6.45, 7) is 5.29. The number of hydrogen-bond acceptors (Lipinski definition) is 2. The standard InChI is InChI=1S/C13H24N2O/c1-10-5-6-11(9-10)15-12(16)13(2)7-3-4-8-14-13/h10-11,14H,3-9H2,1-2H3,(H,15,16). The van der Waals surface area contributed by atoms with E-state index < -0.39 is 0 Å². The van der Waals surface area contributed by atoms with E-state index in [-0.39, 0.29) is 11.4 Å². The summed E-state index contributed by atoms with van der Waals surface area (Å²) in [5.74, 6) is 0.990. The second-order valence-corrected chi connectivity index (χ2v) is 5.80. The van der Waals surface area contributed by atoms with Crippen molar-refractivity contribution in [2.45, 2.75) is 64.0 Å². The van der Waals surface area contributed by atoms with Crippen LogP contribution in [0.25, 0.3) is 0 Å². The van der Waals surface area contributed by atoms with E-state index >= 15 is 0 Å². The molecular formula is C13H24N2O. The second-order valence-electron chi connectivity index (χ2n) is 5.80. The van der Waals surface area contributed by atoms with Gasteiger partial charge in [0.05, 0.1) is 5.54 Å². The number of carbonyl (C=O) groups excluding carboxylic acids is 1. The van der Waals surface area contributed by atoms with Crippen LogP contribution in [0.5, 0.6) is 0 Å². The van der Waals surface area contributed by atoms with Gasteiger partial charge in [0.2, 0.25) is 5.91 Å². The van der Waals surface area contributed by atoms with Gasteiger partial charge in [0.15, 0.2) is 0 Å². The number of nitrogens with one attached hydrogen (secondary N) is 2. The van der Waals surface area contributed by atoms with Crippen molar-refractivity contribution < 1.29 is 4.79 Å². The lowest BCUT2D eigenvalue weighted by atomic mass is 9.90. The molecule has 3 heteroatoms. The van der Waals surface area contributed by atoms with Crippen LogP contribution in [0.4, 0.5) is 0 Å². The first-order chi connectivity index (χ1) is 7.60. The van der Waals surface area contributed by atoms with Gasteiger partial charge < -0.3 is 10.6 Å². The van der Waals surface area contributed by atoms with Crippen molar-refractivity contribution in [3.63, 3.8) is 0 Å². The molecule has 0 bridgehead atoms. The maximum Gasteiger partial charge on any atom is 0.240 e. The van der Waals surface area contributed by atoms with Gasteiger partial charge in [0.25, 0.3) is 0 Å². The normalized spacial score (nSPS) is 39.6. The molecule has 3 unspecified atom stereocenters. The summed E-state index contributed by atoms with van der Waals surface area (Å²) in [4.78, 5) is 12.2. The number of amides is 1. The molecule has 2 aliphatic rings. The Bertz CT molecular complexity index is 259. The molecule has 0 aromatic heterocycles. The van der Waals surface area contributed by atoms with Crippen molar-refractivity contribution in [3.8, 4) is 0 Å². The maximum absolute atomic E-state index is 12.2. The minimum Gasteiger partial charge on any atom is -0.352 e. The van der Waals surface area contributed by atoms with Crippen LogP contribution in [0.1, 0.15) is 52.4 Å². The largest absolute Gasteiger partial charge is 0.352 e. The molecule has 1 aliphatic heterocycles. The zero-order chi connectivity index (χ0) is 11.6. The summed E-state index contributed by atoms with van der Waals surface area (Å²) < 4.78 is 0. The van der Waals surface area contributed by atoms with Crippen LogP contribution in [-0.2, 0) is 4.79 Å². The second kappa shape index (κ2) is 4.74. The zero-order valence-electron chi connectivity index (χ0n) is 10.5. The van der Waals surface area contributed by atoms with Crippen molar-refractivity contribution in [1.82, 2.24) is 10.6 Å². The molecule has 0 radical (unpaired) electrons. The molecule has 0 aromatic rings. The fraction of sp³-hybridized carbons (Fsp3) is 0.923. The summed E-state index contributed by atoms with van der Waals surface area (Å²) in [6.07, 6.45) is 6.91. The van der Waals surface area contributed by atoms with E-state index in [0.29, 0.717) is 6.04 Å². The van der Waals surface area contributed by atoms with Gasteiger partial charge in [-0.15, -0.1) is 0 Å². The maximum atomic E-state index is 12.2. The number of carbonyl (C=O) groups is 1. The molecule has 0 spiro atoms. The Morgan fingerprint density at radius 1 is 1.38 bits per heavy atom. The molecule has 1 saturated heterocycles. The highest BCUT2D eigenvalue weighted by atomic mass is 16.2. The van der Waals surface area contributed by atoms with E-state index in [1.807, 2.05) is 6.92 Å². The molecule has 3 nitrogen and oxygen atoms in total. The third kappa shape index (κ3) is 2.57. The van der Waals surface area contributed by atoms with E-state index in [9.17, 15) is 4.79 Å². The van der Waals surface area contributed by atoms with Gasteiger partial charge >= 0.3 is 0 Å². The molecular weight excluding hydrogens is 200 g/mol. The number of hydrogen-bond donors (Lipinski definition) is 2. The third-order valence-electron chi connectivity index (χ3n) is 4.15. The Kier molecular flexibility index (Phi) is 3.53. The summed E-state index contributed by atoms with van der Waals surface area (Å²) in [5.41, 5.74) is -0.315. The monoisotopic (exact) mass is 224 g/mol. The van der Waals surface area contributed by atoms with Gasteiger partial charge in [0, 0.05) is 6.04 Å². The topological polar surface area (TPSA) is 41.1 Å². The first-order valence-corrected chi connectivity index (χ1v) is 6.66. The number of rotatable bonds is 2. The third-order valence-corrected chi connectivity index (χ3v) is 4.15. The Morgan fingerprint density at radius 3 is 2.75 bits per heavy atom. The van der Waals surface area contributed by atoms with Crippen LogP contribution in [-0.4, -0.2) is 24.0 Å². The van der Waals surface area contributed by atoms with Crippen molar-refractivity contribution in [2.24, 2.45) is 5.92 Å². The van der Waals surface area contributed by atoms with Gasteiger partial charge in [-0.2, -0.15) is 0 Å². The van der Waals surface area contributed by atoms with Gasteiger partial charge in [-0.05, 0) is 57.9 Å². The van der Waals surface area contributed by atoms with Crippen LogP contribution >= 0.6 is 0 Å². The van der Waals surface area contributed by atoms with Gasteiger partial charge in [0.1, 0.15) is 0 Å². The zero-order valence-corrected chi connectivity index (χ0v) is 10.5. The lowest BCUT2D eigenvalue weighted by Gasteiger charge is -2.34. The van der Waals surface area contributed by atoms with Gasteiger partial charge in [-0.25, -0.2) is 0 Å². The molecule has 1 amide bonds. The minimum atomic E-state index is -0.315. The Balaban J connectivity index is 1.86. The van der Waals surface area contributed by atoms with Crippen molar-refractivity contribution in [1.29, 1.82) is 0 Å². The van der Waals surface area contributed by atoms with Crippen LogP contribution in [0.15, 0.2) is 0 Å². The number of piperidine rings is 1. The SMILES string of the molecule is CC1CCC(NC(=O)C2(C)CCCCN2)C1. The summed E-state index contributed by atoms with van der Waals surface area (Å²) in [5, 5.41) is 6.59. The molecule has 3 atom stereocenters. The highest BCUT2D eigenvalue weighted by Crippen LogP contribution is 2.26. The first-order valence-electron chi connectivity index (χ1n) is 6.66. The minimum absolute atomic E-state index is 0.214. The van der Waals surface area contributed by atoms with Crippen molar-refractivity contribution >= 4 is 5.91 Å². The molecule has 2 fully saturated rings. The fourth-order valence-electron chi connectivity index (χ4n) is 2.93. The molecule has 1 heterocycles. The Hall–Kier alpha value is -0.570. The van der Waals surface area contributed by atoms with E-state index in [1.54, 1.807) is 0 Å².